The molecule has 40 heavy (non-hydrogen) atoms. The van der Waals surface area contributed by atoms with Gasteiger partial charge in [-0.15, -0.1) is 0 Å². The standard InChI is InChI=1S/C34H30N4O2/c1-2-10-31-36-29-21-22-38(30-16-9-8-15-28(30)32(29)37-31)34(40)24-17-19-25(20-18-24)35-33(39)27-14-7-6-13-26(27)23-11-4-3-5-12-23/h3-9,11-20H,2,10,21-22H2,1H3,(H,35,39)(H,36,37). The molecule has 0 unspecified atom stereocenters. The van der Waals surface area contributed by atoms with E-state index in [1.165, 1.54) is 0 Å². The molecule has 198 valence electrons. The molecule has 0 atom stereocenters. The van der Waals surface area contributed by atoms with Gasteiger partial charge in [-0.2, -0.15) is 0 Å². The van der Waals surface area contributed by atoms with Gasteiger partial charge in [0.25, 0.3) is 11.8 Å². The maximum absolute atomic E-state index is 13.7. The Morgan fingerprint density at radius 2 is 1.55 bits per heavy atom. The maximum atomic E-state index is 13.7. The molecule has 2 N–H and O–H groups in total. The molecule has 6 heteroatoms. The summed E-state index contributed by atoms with van der Waals surface area (Å²) >= 11 is 0. The Morgan fingerprint density at radius 3 is 2.33 bits per heavy atom. The van der Waals surface area contributed by atoms with E-state index in [1.54, 1.807) is 24.3 Å². The van der Waals surface area contributed by atoms with Crippen molar-refractivity contribution in [3.8, 4) is 22.4 Å². The second kappa shape index (κ2) is 11.0. The summed E-state index contributed by atoms with van der Waals surface area (Å²) in [6, 6.07) is 32.5. The molecule has 0 saturated heterocycles. The molecule has 0 spiro atoms. The molecule has 2 heterocycles. The summed E-state index contributed by atoms with van der Waals surface area (Å²) in [6.07, 6.45) is 2.62. The summed E-state index contributed by atoms with van der Waals surface area (Å²) in [4.78, 5) is 37.1. The molecule has 2 amide bonds. The second-order valence-electron chi connectivity index (χ2n) is 9.93. The molecular formula is C34H30N4O2. The number of H-pyrrole nitrogens is 1. The lowest BCUT2D eigenvalue weighted by Crippen LogP contribution is -2.32. The van der Waals surface area contributed by atoms with Gasteiger partial charge in [0.1, 0.15) is 5.82 Å². The van der Waals surface area contributed by atoms with Crippen LogP contribution >= 0.6 is 0 Å². The molecule has 0 fully saturated rings. The Balaban J connectivity index is 1.22. The number of anilines is 2. The van der Waals surface area contributed by atoms with Gasteiger partial charge in [-0.25, -0.2) is 4.98 Å². The second-order valence-corrected chi connectivity index (χ2v) is 9.93. The fraction of sp³-hybridized carbons (Fsp3) is 0.147. The minimum atomic E-state index is -0.198. The number of carbonyl (C=O) groups is 2. The van der Waals surface area contributed by atoms with Crippen molar-refractivity contribution in [2.24, 2.45) is 0 Å². The van der Waals surface area contributed by atoms with Gasteiger partial charge in [-0.3, -0.25) is 9.59 Å². The molecule has 6 rings (SSSR count). The maximum Gasteiger partial charge on any atom is 0.258 e. The van der Waals surface area contributed by atoms with Crippen LogP contribution in [0.25, 0.3) is 22.4 Å². The summed E-state index contributed by atoms with van der Waals surface area (Å²) in [6.45, 7) is 2.69. The van der Waals surface area contributed by atoms with Gasteiger partial charge in [-0.05, 0) is 53.9 Å². The highest BCUT2D eigenvalue weighted by atomic mass is 16.2. The van der Waals surface area contributed by atoms with Crippen LogP contribution in [0.3, 0.4) is 0 Å². The minimum Gasteiger partial charge on any atom is -0.345 e. The highest BCUT2D eigenvalue weighted by Gasteiger charge is 2.27. The van der Waals surface area contributed by atoms with E-state index in [-0.39, 0.29) is 11.8 Å². The number of rotatable bonds is 6. The van der Waals surface area contributed by atoms with Gasteiger partial charge in [0.15, 0.2) is 0 Å². The predicted molar refractivity (Wildman–Crippen MR) is 160 cm³/mol. The number of para-hydroxylation sites is 1. The van der Waals surface area contributed by atoms with E-state index in [0.29, 0.717) is 29.8 Å². The van der Waals surface area contributed by atoms with Crippen molar-refractivity contribution in [3.63, 3.8) is 0 Å². The summed E-state index contributed by atoms with van der Waals surface area (Å²) in [5, 5.41) is 2.99. The Hall–Kier alpha value is -4.97. The zero-order chi connectivity index (χ0) is 27.5. The van der Waals surface area contributed by atoms with Gasteiger partial charge in [0.2, 0.25) is 0 Å². The third-order valence-electron chi connectivity index (χ3n) is 7.24. The fourth-order valence-corrected chi connectivity index (χ4v) is 5.29. The first-order valence-corrected chi connectivity index (χ1v) is 13.7. The average Bonchev–Trinajstić information content (AvgIpc) is 3.34. The molecule has 5 aromatic rings. The van der Waals surface area contributed by atoms with Crippen molar-refractivity contribution < 1.29 is 9.59 Å². The lowest BCUT2D eigenvalue weighted by molar-refractivity contribution is 0.0986. The Labute approximate surface area is 233 Å². The largest absolute Gasteiger partial charge is 0.345 e. The predicted octanol–water partition coefficient (Wildman–Crippen LogP) is 7.15. The first-order valence-electron chi connectivity index (χ1n) is 13.7. The molecule has 1 aliphatic heterocycles. The average molecular weight is 527 g/mol. The van der Waals surface area contributed by atoms with Gasteiger partial charge in [-0.1, -0.05) is 73.7 Å². The molecule has 0 bridgehead atoms. The number of aromatic nitrogens is 2. The summed E-state index contributed by atoms with van der Waals surface area (Å²) in [5.74, 6) is 0.709. The van der Waals surface area contributed by atoms with Crippen LogP contribution < -0.4 is 10.2 Å². The van der Waals surface area contributed by atoms with Gasteiger partial charge >= 0.3 is 0 Å². The van der Waals surface area contributed by atoms with Crippen LogP contribution in [0.2, 0.25) is 0 Å². The summed E-state index contributed by atoms with van der Waals surface area (Å²) in [5.41, 5.74) is 7.45. The van der Waals surface area contributed by atoms with Crippen molar-refractivity contribution in [1.82, 2.24) is 9.97 Å². The van der Waals surface area contributed by atoms with Crippen LogP contribution in [0.15, 0.2) is 103 Å². The van der Waals surface area contributed by atoms with E-state index in [0.717, 1.165) is 52.4 Å². The van der Waals surface area contributed by atoms with Gasteiger partial charge in [0.05, 0.1) is 11.4 Å². The lowest BCUT2D eigenvalue weighted by Gasteiger charge is -2.23. The van der Waals surface area contributed by atoms with Crippen LogP contribution in [0.1, 0.15) is 45.6 Å². The lowest BCUT2D eigenvalue weighted by atomic mass is 9.99. The van der Waals surface area contributed by atoms with Crippen LogP contribution in [0.5, 0.6) is 0 Å². The first-order chi connectivity index (χ1) is 19.6. The van der Waals surface area contributed by atoms with Gasteiger partial charge < -0.3 is 15.2 Å². The number of nitrogens with zero attached hydrogens (tertiary/aromatic N) is 2. The first kappa shape index (κ1) is 25.3. The van der Waals surface area contributed by atoms with Crippen molar-refractivity contribution in [3.05, 3.63) is 126 Å². The van der Waals surface area contributed by atoms with E-state index in [2.05, 4.69) is 17.2 Å². The molecule has 0 saturated carbocycles. The molecule has 1 aliphatic rings. The number of fused-ring (bicyclic) bond motifs is 3. The molecular weight excluding hydrogens is 496 g/mol. The minimum absolute atomic E-state index is 0.0846. The van der Waals surface area contributed by atoms with Crippen molar-refractivity contribution in [2.75, 3.05) is 16.8 Å². The highest BCUT2D eigenvalue weighted by Crippen LogP contribution is 2.36. The topological polar surface area (TPSA) is 78.1 Å². The number of aromatic amines is 1. The Kier molecular flexibility index (Phi) is 6.98. The monoisotopic (exact) mass is 526 g/mol. The third-order valence-corrected chi connectivity index (χ3v) is 7.24. The number of amides is 2. The Bertz CT molecular complexity index is 1670. The molecule has 0 radical (unpaired) electrons. The van der Waals surface area contributed by atoms with E-state index in [4.69, 9.17) is 4.98 Å². The van der Waals surface area contributed by atoms with Crippen molar-refractivity contribution >= 4 is 23.2 Å². The Morgan fingerprint density at radius 1 is 0.850 bits per heavy atom. The number of carbonyl (C=O) groups excluding carboxylic acids is 2. The van der Waals surface area contributed by atoms with Crippen LogP contribution in [0.4, 0.5) is 11.4 Å². The highest BCUT2D eigenvalue weighted by molar-refractivity contribution is 6.10. The quantitative estimate of drug-likeness (QED) is 0.247. The van der Waals surface area contributed by atoms with Crippen LogP contribution in [0, 0.1) is 0 Å². The van der Waals surface area contributed by atoms with Crippen molar-refractivity contribution in [2.45, 2.75) is 26.2 Å². The van der Waals surface area contributed by atoms with E-state index >= 15 is 0 Å². The smallest absolute Gasteiger partial charge is 0.258 e. The van der Waals surface area contributed by atoms with Crippen LogP contribution in [-0.2, 0) is 12.8 Å². The summed E-state index contributed by atoms with van der Waals surface area (Å²) in [7, 11) is 0. The normalized spacial score (nSPS) is 12.3. The van der Waals surface area contributed by atoms with Crippen molar-refractivity contribution in [1.29, 1.82) is 0 Å². The van der Waals surface area contributed by atoms with Crippen LogP contribution in [-0.4, -0.2) is 28.3 Å². The zero-order valence-electron chi connectivity index (χ0n) is 22.4. The number of nitrogens with one attached hydrogen (secondary N) is 2. The molecule has 4 aromatic carbocycles. The number of aryl methyl sites for hydroxylation is 1. The van der Waals surface area contributed by atoms with E-state index < -0.39 is 0 Å². The zero-order valence-corrected chi connectivity index (χ0v) is 22.4. The molecule has 6 nitrogen and oxygen atoms in total. The third kappa shape index (κ3) is 4.92. The summed E-state index contributed by atoms with van der Waals surface area (Å²) < 4.78 is 0. The molecule has 0 aliphatic carbocycles. The number of imidazole rings is 1. The fourth-order valence-electron chi connectivity index (χ4n) is 5.29. The number of benzene rings is 4. The SMILES string of the molecule is CCCc1nc2c([nH]1)CCN(C(=O)c1ccc(NC(=O)c3ccccc3-c3ccccc3)cc1)c1ccccc1-2. The number of hydrogen-bond acceptors (Lipinski definition) is 3. The molecule has 1 aromatic heterocycles. The number of hydrogen-bond donors (Lipinski definition) is 2. The van der Waals surface area contributed by atoms with E-state index in [9.17, 15) is 9.59 Å². The van der Waals surface area contributed by atoms with Gasteiger partial charge in [0, 0.05) is 47.5 Å². The van der Waals surface area contributed by atoms with E-state index in [1.807, 2.05) is 83.8 Å².